The van der Waals surface area contributed by atoms with E-state index in [0.717, 1.165) is 31.5 Å². The molecule has 0 radical (unpaired) electrons. The lowest BCUT2D eigenvalue weighted by Crippen LogP contribution is -2.58. The van der Waals surface area contributed by atoms with Crippen molar-refractivity contribution in [2.24, 2.45) is 5.73 Å². The molecule has 1 aromatic heterocycles. The van der Waals surface area contributed by atoms with Crippen molar-refractivity contribution in [1.82, 2.24) is 9.88 Å². The molecule has 1 heterocycles. The van der Waals surface area contributed by atoms with Gasteiger partial charge in [0.1, 0.15) is 0 Å². The number of likely N-dealkylation sites (N-methyl/N-ethyl adjacent to an activating group) is 1. The molecule has 0 aliphatic heterocycles. The van der Waals surface area contributed by atoms with Gasteiger partial charge < -0.3 is 5.73 Å². The molecule has 0 spiro atoms. The van der Waals surface area contributed by atoms with E-state index in [4.69, 9.17) is 17.3 Å². The lowest BCUT2D eigenvalue weighted by atomic mass is 9.84. The molecule has 1 rings (SSSR count). The maximum atomic E-state index is 6.49. The molecule has 2 unspecified atom stereocenters. The van der Waals surface area contributed by atoms with Gasteiger partial charge in [-0.25, -0.2) is 0 Å². The number of aromatic nitrogens is 1. The summed E-state index contributed by atoms with van der Waals surface area (Å²) >= 11 is 6.18. The highest BCUT2D eigenvalue weighted by atomic mass is 35.5. The number of halogens is 1. The van der Waals surface area contributed by atoms with Gasteiger partial charge in [-0.2, -0.15) is 0 Å². The molecule has 0 fully saturated rings. The van der Waals surface area contributed by atoms with E-state index in [1.165, 1.54) is 0 Å². The van der Waals surface area contributed by atoms with E-state index in [-0.39, 0.29) is 11.6 Å². The van der Waals surface area contributed by atoms with Crippen LogP contribution in [0.1, 0.15) is 39.7 Å². The van der Waals surface area contributed by atoms with E-state index in [1.807, 2.05) is 6.07 Å². The van der Waals surface area contributed by atoms with Gasteiger partial charge in [0.25, 0.3) is 0 Å². The van der Waals surface area contributed by atoms with Crippen molar-refractivity contribution in [3.05, 3.63) is 29.0 Å². The third-order valence-corrected chi connectivity index (χ3v) is 4.64. The zero-order chi connectivity index (χ0) is 14.5. The molecule has 0 amide bonds. The SMILES string of the molecule is CCN(CC)C(C)(CC)C(N)Cc1ccncc1Cl. The van der Waals surface area contributed by atoms with Crippen molar-refractivity contribution in [3.8, 4) is 0 Å². The van der Waals surface area contributed by atoms with Crippen LogP contribution < -0.4 is 5.73 Å². The quantitative estimate of drug-likeness (QED) is 0.836. The molecule has 4 heteroatoms. The molecule has 0 aromatic carbocycles. The molecule has 3 nitrogen and oxygen atoms in total. The number of pyridine rings is 1. The summed E-state index contributed by atoms with van der Waals surface area (Å²) in [6, 6.07) is 2.01. The van der Waals surface area contributed by atoms with Gasteiger partial charge in [0.15, 0.2) is 0 Å². The van der Waals surface area contributed by atoms with Crippen LogP contribution in [0.15, 0.2) is 18.5 Å². The number of hydrogen-bond donors (Lipinski definition) is 1. The highest BCUT2D eigenvalue weighted by Crippen LogP contribution is 2.26. The van der Waals surface area contributed by atoms with E-state index >= 15 is 0 Å². The molecule has 2 N–H and O–H groups in total. The molecule has 0 aliphatic rings. The van der Waals surface area contributed by atoms with Crippen molar-refractivity contribution in [2.75, 3.05) is 13.1 Å². The Bertz CT molecular complexity index is 393. The summed E-state index contributed by atoms with van der Waals surface area (Å²) in [5, 5.41) is 0.705. The van der Waals surface area contributed by atoms with Gasteiger partial charge in [-0.1, -0.05) is 32.4 Å². The summed E-state index contributed by atoms with van der Waals surface area (Å²) in [4.78, 5) is 6.46. The lowest BCUT2D eigenvalue weighted by molar-refractivity contribution is 0.0845. The molecular weight excluding hydrogens is 258 g/mol. The fourth-order valence-electron chi connectivity index (χ4n) is 2.69. The van der Waals surface area contributed by atoms with E-state index in [0.29, 0.717) is 5.02 Å². The van der Waals surface area contributed by atoms with Gasteiger partial charge in [-0.05, 0) is 44.5 Å². The average Bonchev–Trinajstić information content (AvgIpc) is 2.42. The maximum Gasteiger partial charge on any atom is 0.0621 e. The molecular formula is C15H26ClN3. The van der Waals surface area contributed by atoms with E-state index in [1.54, 1.807) is 12.4 Å². The number of nitrogens with zero attached hydrogens (tertiary/aromatic N) is 2. The van der Waals surface area contributed by atoms with E-state index < -0.39 is 0 Å². The molecule has 1 aromatic rings. The fourth-order valence-corrected chi connectivity index (χ4v) is 2.89. The monoisotopic (exact) mass is 283 g/mol. The third kappa shape index (κ3) is 3.68. The Balaban J connectivity index is 2.90. The minimum Gasteiger partial charge on any atom is -0.326 e. The molecule has 0 aliphatic carbocycles. The first kappa shape index (κ1) is 16.4. The van der Waals surface area contributed by atoms with Crippen LogP contribution in [0.5, 0.6) is 0 Å². The van der Waals surface area contributed by atoms with Gasteiger partial charge in [-0.15, -0.1) is 0 Å². The number of rotatable bonds is 7. The van der Waals surface area contributed by atoms with Crippen LogP contribution >= 0.6 is 11.6 Å². The van der Waals surface area contributed by atoms with Crippen molar-refractivity contribution in [2.45, 2.75) is 52.1 Å². The second kappa shape index (κ2) is 7.22. The highest BCUT2D eigenvalue weighted by Gasteiger charge is 2.34. The molecule has 19 heavy (non-hydrogen) atoms. The van der Waals surface area contributed by atoms with Gasteiger partial charge in [0.05, 0.1) is 5.02 Å². The van der Waals surface area contributed by atoms with Crippen LogP contribution in [0.4, 0.5) is 0 Å². The minimum atomic E-state index is -0.00387. The van der Waals surface area contributed by atoms with Crippen LogP contribution in [0.2, 0.25) is 5.02 Å². The first-order valence-electron chi connectivity index (χ1n) is 7.08. The molecule has 0 saturated carbocycles. The molecule has 108 valence electrons. The third-order valence-electron chi connectivity index (χ3n) is 4.30. The van der Waals surface area contributed by atoms with E-state index in [2.05, 4.69) is 37.6 Å². The Morgan fingerprint density at radius 1 is 1.37 bits per heavy atom. The predicted molar refractivity (Wildman–Crippen MR) is 82.5 cm³/mol. The topological polar surface area (TPSA) is 42.1 Å². The Kier molecular flexibility index (Phi) is 6.24. The van der Waals surface area contributed by atoms with Crippen LogP contribution in [0.3, 0.4) is 0 Å². The molecule has 2 atom stereocenters. The van der Waals surface area contributed by atoms with Gasteiger partial charge in [0, 0.05) is 24.0 Å². The van der Waals surface area contributed by atoms with Crippen LogP contribution in [0, 0.1) is 0 Å². The number of nitrogens with two attached hydrogens (primary N) is 1. The Morgan fingerprint density at radius 3 is 2.47 bits per heavy atom. The average molecular weight is 284 g/mol. The van der Waals surface area contributed by atoms with E-state index in [9.17, 15) is 0 Å². The molecule has 0 saturated heterocycles. The van der Waals surface area contributed by atoms with Crippen LogP contribution in [0.25, 0.3) is 0 Å². The summed E-state index contributed by atoms with van der Waals surface area (Å²) < 4.78 is 0. The Labute approximate surface area is 122 Å². The zero-order valence-electron chi connectivity index (χ0n) is 12.5. The smallest absolute Gasteiger partial charge is 0.0621 e. The summed E-state index contributed by atoms with van der Waals surface area (Å²) in [7, 11) is 0. The summed E-state index contributed by atoms with van der Waals surface area (Å²) in [5.74, 6) is 0. The van der Waals surface area contributed by atoms with Crippen molar-refractivity contribution in [1.29, 1.82) is 0 Å². The highest BCUT2D eigenvalue weighted by molar-refractivity contribution is 6.31. The van der Waals surface area contributed by atoms with Crippen LogP contribution in [-0.4, -0.2) is 34.6 Å². The summed E-state index contributed by atoms with van der Waals surface area (Å²) in [6.45, 7) is 10.8. The second-order valence-corrected chi connectivity index (χ2v) is 5.57. The lowest BCUT2D eigenvalue weighted by Gasteiger charge is -2.44. The predicted octanol–water partition coefficient (Wildman–Crippen LogP) is 3.12. The normalized spacial score (nSPS) is 16.4. The van der Waals surface area contributed by atoms with Gasteiger partial charge in [-0.3, -0.25) is 9.88 Å². The van der Waals surface area contributed by atoms with Gasteiger partial charge in [0.2, 0.25) is 0 Å². The maximum absolute atomic E-state index is 6.49. The van der Waals surface area contributed by atoms with Gasteiger partial charge >= 0.3 is 0 Å². The standard InChI is InChI=1S/C15H26ClN3/c1-5-15(4,19(6-2)7-3)14(17)10-12-8-9-18-11-13(12)16/h8-9,11,14H,5-7,10,17H2,1-4H3. The van der Waals surface area contributed by atoms with Crippen LogP contribution in [-0.2, 0) is 6.42 Å². The zero-order valence-corrected chi connectivity index (χ0v) is 13.2. The first-order valence-corrected chi connectivity index (χ1v) is 7.46. The minimum absolute atomic E-state index is 0.00387. The first-order chi connectivity index (χ1) is 8.99. The fraction of sp³-hybridized carbons (Fsp3) is 0.667. The largest absolute Gasteiger partial charge is 0.326 e. The molecule has 0 bridgehead atoms. The summed E-state index contributed by atoms with van der Waals surface area (Å²) in [5.41, 5.74) is 7.57. The summed E-state index contributed by atoms with van der Waals surface area (Å²) in [6.07, 6.45) is 5.26. The Hall–Kier alpha value is -0.640. The second-order valence-electron chi connectivity index (χ2n) is 5.16. The number of hydrogen-bond acceptors (Lipinski definition) is 3. The van der Waals surface area contributed by atoms with Crippen molar-refractivity contribution < 1.29 is 0 Å². The Morgan fingerprint density at radius 2 is 2.00 bits per heavy atom. The van der Waals surface area contributed by atoms with Crippen molar-refractivity contribution in [3.63, 3.8) is 0 Å². The van der Waals surface area contributed by atoms with Crippen molar-refractivity contribution >= 4 is 11.6 Å².